The van der Waals surface area contributed by atoms with E-state index in [2.05, 4.69) is 123 Å². The first kappa shape index (κ1) is 29.9. The number of hydrogen-bond donors (Lipinski definition) is 0. The average molecular weight is 587 g/mol. The van der Waals surface area contributed by atoms with Crippen LogP contribution in [-0.2, 0) is 30.7 Å². The predicted molar refractivity (Wildman–Crippen MR) is 142 cm³/mol. The fourth-order valence-electron chi connectivity index (χ4n) is 4.06. The van der Waals surface area contributed by atoms with Gasteiger partial charge in [-0.1, -0.05) is 95.6 Å². The molecule has 6 rings (SSSR count). The van der Waals surface area contributed by atoms with Gasteiger partial charge in [0.1, 0.15) is 0 Å². The van der Waals surface area contributed by atoms with Gasteiger partial charge in [-0.25, -0.2) is 12.2 Å². The summed E-state index contributed by atoms with van der Waals surface area (Å²) < 4.78 is 1.51. The van der Waals surface area contributed by atoms with E-state index in [9.17, 15) is 0 Å². The maximum absolute atomic E-state index is 3.65. The smallest absolute Gasteiger partial charge is 0.0181 e. The van der Waals surface area contributed by atoms with Crippen LogP contribution in [0.4, 0.5) is 0 Å². The van der Waals surface area contributed by atoms with Crippen molar-refractivity contribution in [2.75, 3.05) is 0 Å². The van der Waals surface area contributed by atoms with Crippen molar-refractivity contribution in [2.45, 2.75) is 26.7 Å². The molecular weight excluding hydrogens is 558 g/mol. The standard InChI is InChI=1S/C25H17.C5H5.C3H6.2ClH.Zr/c1-3-7-18(8-4-1)20-11-13-24-22(15-20)17-23-16-21(12-14-25(23)24)19-9-5-2-6-10-19;1-2-4-5-3-1;1-3-2;;;/h1-15H,17H2;1-3H,4H2;1-2H3;2*1H;/q2*-1;;;;+2/p-2. The first-order valence-electron chi connectivity index (χ1n) is 11.6. The fourth-order valence-corrected chi connectivity index (χ4v) is 4.06. The number of allylic oxidation sites excluding steroid dienone is 4. The van der Waals surface area contributed by atoms with Gasteiger partial charge in [0, 0.05) is 0 Å². The van der Waals surface area contributed by atoms with Gasteiger partial charge in [0.15, 0.2) is 0 Å². The Kier molecular flexibility index (Phi) is 12.5. The van der Waals surface area contributed by atoms with Gasteiger partial charge in [-0.15, -0.1) is 35.7 Å². The van der Waals surface area contributed by atoms with Gasteiger partial charge in [-0.2, -0.15) is 6.08 Å². The Bertz CT molecular complexity index is 1220. The first-order chi connectivity index (χ1) is 16.6. The van der Waals surface area contributed by atoms with E-state index in [-0.39, 0.29) is 24.8 Å². The van der Waals surface area contributed by atoms with Gasteiger partial charge in [0.25, 0.3) is 0 Å². The zero-order valence-electron chi connectivity index (χ0n) is 20.6. The molecule has 0 bridgehead atoms. The van der Waals surface area contributed by atoms with E-state index in [1.165, 1.54) is 47.7 Å². The van der Waals surface area contributed by atoms with Crippen LogP contribution in [0.15, 0.2) is 109 Å². The van der Waals surface area contributed by atoms with Crippen molar-refractivity contribution >= 4 is 3.21 Å². The summed E-state index contributed by atoms with van der Waals surface area (Å²) in [7, 11) is 0. The molecule has 0 N–H and O–H groups in total. The molecule has 2 aliphatic rings. The summed E-state index contributed by atoms with van der Waals surface area (Å²) in [6.07, 6.45) is 11.0. The Balaban J connectivity index is 0.000000357. The van der Waals surface area contributed by atoms with Gasteiger partial charge < -0.3 is 24.8 Å². The molecule has 4 aromatic carbocycles. The summed E-state index contributed by atoms with van der Waals surface area (Å²) >= 11 is 1.55. The minimum atomic E-state index is 0. The van der Waals surface area contributed by atoms with Crippen LogP contribution in [0.5, 0.6) is 0 Å². The van der Waals surface area contributed by atoms with Gasteiger partial charge in [-0.05, 0) is 23.1 Å². The molecular formula is C33H28Cl2Zr-2. The van der Waals surface area contributed by atoms with Crippen LogP contribution in [0.25, 0.3) is 33.4 Å². The second-order valence-corrected chi connectivity index (χ2v) is 11.0. The third kappa shape index (κ3) is 8.11. The van der Waals surface area contributed by atoms with Crippen LogP contribution in [0.2, 0.25) is 0 Å². The molecule has 4 aromatic rings. The molecule has 0 heterocycles. The Labute approximate surface area is 243 Å². The van der Waals surface area contributed by atoms with Crippen LogP contribution in [0.3, 0.4) is 0 Å². The summed E-state index contributed by atoms with van der Waals surface area (Å²) in [5.74, 6) is 0. The molecule has 0 nitrogen and oxygen atoms in total. The Morgan fingerprint density at radius 1 is 0.722 bits per heavy atom. The third-order valence-electron chi connectivity index (χ3n) is 5.57. The Hall–Kier alpha value is -2.31. The number of hydrogen-bond acceptors (Lipinski definition) is 0. The monoisotopic (exact) mass is 584 g/mol. The quantitative estimate of drug-likeness (QED) is 0.279. The number of benzene rings is 4. The average Bonchev–Trinajstić information content (AvgIpc) is 3.56. The molecule has 0 aliphatic heterocycles. The normalized spacial score (nSPS) is 11.4. The van der Waals surface area contributed by atoms with Crippen LogP contribution in [0, 0.1) is 12.1 Å². The van der Waals surface area contributed by atoms with Crippen LogP contribution in [0.1, 0.15) is 31.4 Å². The van der Waals surface area contributed by atoms with Crippen molar-refractivity contribution in [1.29, 1.82) is 0 Å². The van der Waals surface area contributed by atoms with Crippen molar-refractivity contribution in [2.24, 2.45) is 0 Å². The maximum Gasteiger partial charge on any atom is -0.0181 e. The van der Waals surface area contributed by atoms with Crippen LogP contribution < -0.4 is 24.8 Å². The van der Waals surface area contributed by atoms with E-state index in [1.807, 2.05) is 12.2 Å². The molecule has 0 fully saturated rings. The van der Waals surface area contributed by atoms with Gasteiger partial charge >= 0.3 is 41.3 Å². The molecule has 36 heavy (non-hydrogen) atoms. The molecule has 0 unspecified atom stereocenters. The van der Waals surface area contributed by atoms with E-state index in [0.717, 1.165) is 12.8 Å². The molecule has 0 atom stereocenters. The second kappa shape index (κ2) is 15.1. The van der Waals surface area contributed by atoms with E-state index >= 15 is 0 Å². The predicted octanol–water partition coefficient (Wildman–Crippen LogP) is 2.45. The zero-order chi connectivity index (χ0) is 23.8. The van der Waals surface area contributed by atoms with Crippen molar-refractivity contribution < 1.29 is 49.0 Å². The zero-order valence-corrected chi connectivity index (χ0v) is 24.5. The van der Waals surface area contributed by atoms with E-state index in [4.69, 9.17) is 0 Å². The minimum Gasteiger partial charge on any atom is -1.00 e. The summed E-state index contributed by atoms with van der Waals surface area (Å²) in [6, 6.07) is 36.0. The summed E-state index contributed by atoms with van der Waals surface area (Å²) in [5, 5.41) is 0. The SMILES string of the molecule is C[C](C)=[Zr+2].[C-]1=CC=CC1.[Cl-].[Cl-].[c-]1c(-c2ccccc2)ccc2c1Cc1cc(-c3ccccc3)ccc1-2. The van der Waals surface area contributed by atoms with E-state index < -0.39 is 0 Å². The number of rotatable bonds is 2. The first-order valence-corrected chi connectivity index (χ1v) is 12.9. The van der Waals surface area contributed by atoms with E-state index in [0.29, 0.717) is 0 Å². The molecule has 0 aromatic heterocycles. The van der Waals surface area contributed by atoms with Gasteiger partial charge in [-0.3, -0.25) is 6.08 Å². The molecule has 0 saturated carbocycles. The second-order valence-electron chi connectivity index (χ2n) is 8.55. The van der Waals surface area contributed by atoms with Crippen LogP contribution in [-0.4, -0.2) is 3.21 Å². The van der Waals surface area contributed by atoms with Crippen molar-refractivity contribution in [3.8, 4) is 33.4 Å². The Morgan fingerprint density at radius 3 is 1.89 bits per heavy atom. The number of halogens is 2. The van der Waals surface area contributed by atoms with Crippen molar-refractivity contribution in [3.05, 3.63) is 132 Å². The van der Waals surface area contributed by atoms with Gasteiger partial charge in [0.05, 0.1) is 0 Å². The molecule has 0 radical (unpaired) electrons. The van der Waals surface area contributed by atoms with Crippen molar-refractivity contribution in [1.82, 2.24) is 0 Å². The minimum absolute atomic E-state index is 0. The Morgan fingerprint density at radius 2 is 1.33 bits per heavy atom. The molecule has 0 amide bonds. The molecule has 0 saturated heterocycles. The van der Waals surface area contributed by atoms with E-state index in [1.54, 1.807) is 24.2 Å². The van der Waals surface area contributed by atoms with Gasteiger partial charge in [0.2, 0.25) is 0 Å². The summed E-state index contributed by atoms with van der Waals surface area (Å²) in [4.78, 5) is 0. The molecule has 2 aliphatic carbocycles. The summed E-state index contributed by atoms with van der Waals surface area (Å²) in [6.45, 7) is 4.25. The topological polar surface area (TPSA) is 0 Å². The fraction of sp³-hybridized carbons (Fsp3) is 0.121. The molecule has 180 valence electrons. The maximum atomic E-state index is 3.65. The largest absolute Gasteiger partial charge is 1.00 e. The molecule has 0 spiro atoms. The van der Waals surface area contributed by atoms with Crippen LogP contribution >= 0.6 is 0 Å². The van der Waals surface area contributed by atoms with Crippen molar-refractivity contribution in [3.63, 3.8) is 0 Å². The third-order valence-corrected chi connectivity index (χ3v) is 5.57. The molecule has 3 heteroatoms. The number of fused-ring (bicyclic) bond motifs is 3. The summed E-state index contributed by atoms with van der Waals surface area (Å²) in [5.41, 5.74) is 10.4.